The molecule has 2 aliphatic carbocycles. The van der Waals surface area contributed by atoms with Crippen molar-refractivity contribution in [2.75, 3.05) is 6.61 Å². The summed E-state index contributed by atoms with van der Waals surface area (Å²) in [5.74, 6) is 2.25. The highest BCUT2D eigenvalue weighted by Crippen LogP contribution is 2.38. The first kappa shape index (κ1) is 11.5. The first-order chi connectivity index (χ1) is 8.43. The monoisotopic (exact) mass is 232 g/mol. The number of rotatable bonds is 2. The van der Waals surface area contributed by atoms with Gasteiger partial charge in [0, 0.05) is 11.8 Å². The van der Waals surface area contributed by atoms with Crippen molar-refractivity contribution in [1.29, 1.82) is 0 Å². The van der Waals surface area contributed by atoms with Gasteiger partial charge in [-0.25, -0.2) is 0 Å². The fourth-order valence-electron chi connectivity index (χ4n) is 3.71. The van der Waals surface area contributed by atoms with Crippen molar-refractivity contribution in [2.24, 2.45) is 17.8 Å². The lowest BCUT2D eigenvalue weighted by Gasteiger charge is -2.25. The minimum Gasteiger partial charge on any atom is -0.373 e. The summed E-state index contributed by atoms with van der Waals surface area (Å²) >= 11 is 0. The molecule has 0 bridgehead atoms. The zero-order chi connectivity index (χ0) is 11.5. The summed E-state index contributed by atoms with van der Waals surface area (Å²) in [6.45, 7) is 0.828. The smallest absolute Gasteiger partial charge is 0.0704 e. The van der Waals surface area contributed by atoms with E-state index in [4.69, 9.17) is 4.74 Å². The molecule has 3 aliphatic rings. The SMILES string of the molecule is C1=C[C@H]2CC[C@@H](/C=C/C3CCCCC3)[C@@H]2OC1. The standard InChI is InChI=1S/C16H24O/c1-2-5-13(6-3-1)8-9-15-11-10-14-7-4-12-17-16(14)15/h4,7-9,13-16H,1-3,5-6,10-12H2/b9-8+/t14-,15+,16+/m0/s1. The first-order valence-electron chi connectivity index (χ1n) is 7.40. The molecule has 1 aliphatic heterocycles. The molecule has 0 saturated heterocycles. The van der Waals surface area contributed by atoms with Crippen LogP contribution in [0.25, 0.3) is 0 Å². The molecule has 2 saturated carbocycles. The van der Waals surface area contributed by atoms with Gasteiger partial charge in [0.05, 0.1) is 12.7 Å². The molecule has 3 rings (SSSR count). The predicted octanol–water partition coefficient (Wildman–Crippen LogP) is 4.10. The third kappa shape index (κ3) is 2.65. The second kappa shape index (κ2) is 5.39. The fraction of sp³-hybridized carbons (Fsp3) is 0.750. The van der Waals surface area contributed by atoms with E-state index in [2.05, 4.69) is 24.3 Å². The second-order valence-electron chi connectivity index (χ2n) is 5.91. The van der Waals surface area contributed by atoms with Crippen LogP contribution in [0.2, 0.25) is 0 Å². The van der Waals surface area contributed by atoms with Gasteiger partial charge in [-0.1, -0.05) is 43.6 Å². The summed E-state index contributed by atoms with van der Waals surface area (Å²) in [5, 5.41) is 0. The Balaban J connectivity index is 1.57. The molecule has 17 heavy (non-hydrogen) atoms. The number of ether oxygens (including phenoxy) is 1. The molecule has 1 heterocycles. The predicted molar refractivity (Wildman–Crippen MR) is 70.8 cm³/mol. The summed E-state index contributed by atoms with van der Waals surface area (Å²) in [6, 6.07) is 0. The Hall–Kier alpha value is -0.560. The largest absolute Gasteiger partial charge is 0.373 e. The number of hydrogen-bond acceptors (Lipinski definition) is 1. The third-order valence-corrected chi connectivity index (χ3v) is 4.73. The van der Waals surface area contributed by atoms with Crippen LogP contribution in [0.3, 0.4) is 0 Å². The van der Waals surface area contributed by atoms with Crippen LogP contribution in [0, 0.1) is 17.8 Å². The summed E-state index contributed by atoms with van der Waals surface area (Å²) < 4.78 is 5.92. The molecule has 2 fully saturated rings. The fourth-order valence-corrected chi connectivity index (χ4v) is 3.71. The normalized spacial score (nSPS) is 38.7. The van der Waals surface area contributed by atoms with E-state index in [-0.39, 0.29) is 0 Å². The summed E-state index contributed by atoms with van der Waals surface area (Å²) in [5.41, 5.74) is 0. The highest BCUT2D eigenvalue weighted by Gasteiger charge is 2.35. The van der Waals surface area contributed by atoms with E-state index >= 15 is 0 Å². The van der Waals surface area contributed by atoms with Gasteiger partial charge in [-0.2, -0.15) is 0 Å². The van der Waals surface area contributed by atoms with Gasteiger partial charge in [-0.15, -0.1) is 0 Å². The Morgan fingerprint density at radius 3 is 2.71 bits per heavy atom. The lowest BCUT2D eigenvalue weighted by Crippen LogP contribution is -2.26. The minimum absolute atomic E-state index is 0.486. The van der Waals surface area contributed by atoms with Gasteiger partial charge >= 0.3 is 0 Å². The molecule has 94 valence electrons. The van der Waals surface area contributed by atoms with Crippen LogP contribution in [-0.4, -0.2) is 12.7 Å². The Morgan fingerprint density at radius 1 is 0.941 bits per heavy atom. The van der Waals surface area contributed by atoms with Gasteiger partial charge in [0.25, 0.3) is 0 Å². The summed E-state index contributed by atoms with van der Waals surface area (Å²) in [6.07, 6.45) is 19.8. The Kier molecular flexibility index (Phi) is 3.65. The number of fused-ring (bicyclic) bond motifs is 1. The van der Waals surface area contributed by atoms with Crippen LogP contribution < -0.4 is 0 Å². The van der Waals surface area contributed by atoms with Crippen LogP contribution in [0.1, 0.15) is 44.9 Å². The molecule has 0 unspecified atom stereocenters. The molecule has 0 N–H and O–H groups in total. The van der Waals surface area contributed by atoms with Gasteiger partial charge < -0.3 is 4.74 Å². The van der Waals surface area contributed by atoms with E-state index < -0.39 is 0 Å². The van der Waals surface area contributed by atoms with Crippen LogP contribution >= 0.6 is 0 Å². The van der Waals surface area contributed by atoms with E-state index in [1.807, 2.05) is 0 Å². The summed E-state index contributed by atoms with van der Waals surface area (Å²) in [4.78, 5) is 0. The third-order valence-electron chi connectivity index (χ3n) is 4.73. The minimum atomic E-state index is 0.486. The van der Waals surface area contributed by atoms with Gasteiger partial charge in [0.1, 0.15) is 0 Å². The van der Waals surface area contributed by atoms with E-state index in [0.29, 0.717) is 17.9 Å². The lowest BCUT2D eigenvalue weighted by molar-refractivity contribution is 0.0302. The van der Waals surface area contributed by atoms with Crippen molar-refractivity contribution >= 4 is 0 Å². The van der Waals surface area contributed by atoms with Gasteiger partial charge in [-0.05, 0) is 31.6 Å². The van der Waals surface area contributed by atoms with Gasteiger partial charge in [0.15, 0.2) is 0 Å². The maximum absolute atomic E-state index is 5.92. The first-order valence-corrected chi connectivity index (χ1v) is 7.40. The molecular formula is C16H24O. The maximum atomic E-state index is 5.92. The van der Waals surface area contributed by atoms with Gasteiger partial charge in [0.2, 0.25) is 0 Å². The highest BCUT2D eigenvalue weighted by atomic mass is 16.5. The topological polar surface area (TPSA) is 9.23 Å². The molecule has 0 aromatic rings. The van der Waals surface area contributed by atoms with Crippen molar-refractivity contribution in [3.05, 3.63) is 24.3 Å². The number of hydrogen-bond donors (Lipinski definition) is 0. The molecular weight excluding hydrogens is 208 g/mol. The number of allylic oxidation sites excluding steroid dienone is 1. The average Bonchev–Trinajstić information content (AvgIpc) is 2.81. The van der Waals surface area contributed by atoms with Crippen molar-refractivity contribution in [1.82, 2.24) is 0 Å². The Morgan fingerprint density at radius 2 is 1.82 bits per heavy atom. The van der Waals surface area contributed by atoms with Crippen LogP contribution in [0.4, 0.5) is 0 Å². The average molecular weight is 232 g/mol. The molecule has 3 atom stereocenters. The van der Waals surface area contributed by atoms with Crippen LogP contribution in [-0.2, 0) is 4.74 Å². The molecule has 0 aromatic carbocycles. The van der Waals surface area contributed by atoms with E-state index in [9.17, 15) is 0 Å². The lowest BCUT2D eigenvalue weighted by atomic mass is 9.87. The van der Waals surface area contributed by atoms with Crippen LogP contribution in [0.5, 0.6) is 0 Å². The Bertz CT molecular complexity index is 299. The second-order valence-corrected chi connectivity index (χ2v) is 5.91. The van der Waals surface area contributed by atoms with Crippen molar-refractivity contribution in [3.8, 4) is 0 Å². The van der Waals surface area contributed by atoms with E-state index in [1.54, 1.807) is 0 Å². The highest BCUT2D eigenvalue weighted by molar-refractivity contribution is 5.08. The maximum Gasteiger partial charge on any atom is 0.0704 e. The molecule has 0 amide bonds. The molecule has 0 aromatic heterocycles. The van der Waals surface area contributed by atoms with E-state index in [0.717, 1.165) is 12.5 Å². The van der Waals surface area contributed by atoms with Gasteiger partial charge in [-0.3, -0.25) is 0 Å². The van der Waals surface area contributed by atoms with Crippen molar-refractivity contribution in [3.63, 3.8) is 0 Å². The molecule has 0 spiro atoms. The summed E-state index contributed by atoms with van der Waals surface area (Å²) in [7, 11) is 0. The Labute approximate surface area is 105 Å². The van der Waals surface area contributed by atoms with Crippen LogP contribution in [0.15, 0.2) is 24.3 Å². The molecule has 1 nitrogen and oxygen atoms in total. The quantitative estimate of drug-likeness (QED) is 0.651. The zero-order valence-corrected chi connectivity index (χ0v) is 10.7. The van der Waals surface area contributed by atoms with E-state index in [1.165, 1.54) is 44.9 Å². The van der Waals surface area contributed by atoms with Crippen molar-refractivity contribution < 1.29 is 4.74 Å². The molecule has 1 heteroatoms. The molecule has 0 radical (unpaired) electrons. The zero-order valence-electron chi connectivity index (χ0n) is 10.7. The van der Waals surface area contributed by atoms with Crippen molar-refractivity contribution in [2.45, 2.75) is 51.0 Å².